The van der Waals surface area contributed by atoms with Gasteiger partial charge in [0.15, 0.2) is 0 Å². The molecule has 2 unspecified atom stereocenters. The first kappa shape index (κ1) is 22.2. The van der Waals surface area contributed by atoms with Crippen molar-refractivity contribution in [2.24, 2.45) is 0 Å². The molecule has 3 amide bonds. The summed E-state index contributed by atoms with van der Waals surface area (Å²) >= 11 is 0. The van der Waals surface area contributed by atoms with Crippen LogP contribution in [0.15, 0.2) is 48.5 Å². The average Bonchev–Trinajstić information content (AvgIpc) is 3.39. The molecule has 32 heavy (non-hydrogen) atoms. The normalized spacial score (nSPS) is 18.8. The summed E-state index contributed by atoms with van der Waals surface area (Å²) in [6, 6.07) is 15.0. The lowest BCUT2D eigenvalue weighted by molar-refractivity contribution is 0.0475. The van der Waals surface area contributed by atoms with E-state index in [1.165, 1.54) is 16.5 Å². The summed E-state index contributed by atoms with van der Waals surface area (Å²) in [6.45, 7) is 1.39. The van der Waals surface area contributed by atoms with E-state index in [0.717, 1.165) is 19.3 Å². The fourth-order valence-corrected chi connectivity index (χ4v) is 4.23. The zero-order chi connectivity index (χ0) is 22.7. The first-order valence-corrected chi connectivity index (χ1v) is 11.0. The number of hydrogen-bond acceptors (Lipinski definition) is 5. The highest BCUT2D eigenvalue weighted by Crippen LogP contribution is 2.26. The molecule has 0 aliphatic carbocycles. The van der Waals surface area contributed by atoms with Crippen molar-refractivity contribution in [3.05, 3.63) is 70.8 Å². The highest BCUT2D eigenvalue weighted by molar-refractivity contribution is 6.22. The zero-order valence-corrected chi connectivity index (χ0v) is 18.5. The van der Waals surface area contributed by atoms with Gasteiger partial charge in [0, 0.05) is 24.8 Å². The molecule has 2 heterocycles. The van der Waals surface area contributed by atoms with Crippen molar-refractivity contribution < 1.29 is 19.1 Å². The lowest BCUT2D eigenvalue weighted by Gasteiger charge is -2.25. The third-order valence-electron chi connectivity index (χ3n) is 6.19. The van der Waals surface area contributed by atoms with E-state index < -0.39 is 0 Å². The molecule has 1 N–H and O–H groups in total. The first-order valence-electron chi connectivity index (χ1n) is 11.0. The van der Waals surface area contributed by atoms with Gasteiger partial charge in [0.2, 0.25) is 0 Å². The van der Waals surface area contributed by atoms with Crippen LogP contribution < -0.4 is 5.32 Å². The SMILES string of the molecule is CN(C)C(CNC(=O)c1ccc2c(c1)C(=O)N(CC1CCCO1)C2=O)Cc1ccccc1. The molecule has 0 radical (unpaired) electrons. The van der Waals surface area contributed by atoms with Gasteiger partial charge in [-0.05, 0) is 57.1 Å². The summed E-state index contributed by atoms with van der Waals surface area (Å²) in [5.41, 5.74) is 2.21. The van der Waals surface area contributed by atoms with E-state index in [0.29, 0.717) is 24.3 Å². The number of nitrogens with zero attached hydrogens (tertiary/aromatic N) is 2. The highest BCUT2D eigenvalue weighted by atomic mass is 16.5. The second-order valence-electron chi connectivity index (χ2n) is 8.63. The van der Waals surface area contributed by atoms with Crippen molar-refractivity contribution in [2.45, 2.75) is 31.4 Å². The molecule has 1 saturated heterocycles. The summed E-state index contributed by atoms with van der Waals surface area (Å²) in [4.78, 5) is 41.7. The van der Waals surface area contributed by atoms with E-state index in [1.54, 1.807) is 12.1 Å². The number of imide groups is 1. The molecular weight excluding hydrogens is 406 g/mol. The number of hydrogen-bond donors (Lipinski definition) is 1. The minimum atomic E-state index is -0.356. The lowest BCUT2D eigenvalue weighted by atomic mass is 10.0. The number of likely N-dealkylation sites (N-methyl/N-ethyl adjacent to an activating group) is 1. The van der Waals surface area contributed by atoms with Gasteiger partial charge in [0.1, 0.15) is 0 Å². The van der Waals surface area contributed by atoms with E-state index in [9.17, 15) is 14.4 Å². The number of benzene rings is 2. The van der Waals surface area contributed by atoms with Crippen molar-refractivity contribution in [3.8, 4) is 0 Å². The largest absolute Gasteiger partial charge is 0.376 e. The third kappa shape index (κ3) is 4.74. The van der Waals surface area contributed by atoms with Crippen LogP contribution in [0.25, 0.3) is 0 Å². The topological polar surface area (TPSA) is 79.0 Å². The van der Waals surface area contributed by atoms with Crippen LogP contribution in [0.2, 0.25) is 0 Å². The number of nitrogens with one attached hydrogen (secondary N) is 1. The number of fused-ring (bicyclic) bond motifs is 1. The minimum absolute atomic E-state index is 0.104. The second-order valence-corrected chi connectivity index (χ2v) is 8.63. The molecule has 1 fully saturated rings. The molecule has 7 nitrogen and oxygen atoms in total. The first-order chi connectivity index (χ1) is 15.4. The molecule has 0 spiro atoms. The molecule has 0 bridgehead atoms. The van der Waals surface area contributed by atoms with Gasteiger partial charge in [-0.2, -0.15) is 0 Å². The van der Waals surface area contributed by atoms with E-state index in [2.05, 4.69) is 22.3 Å². The van der Waals surface area contributed by atoms with Crippen LogP contribution in [0, 0.1) is 0 Å². The predicted molar refractivity (Wildman–Crippen MR) is 121 cm³/mol. The number of rotatable bonds is 8. The molecular formula is C25H29N3O4. The maximum absolute atomic E-state index is 12.8. The van der Waals surface area contributed by atoms with Crippen molar-refractivity contribution in [1.29, 1.82) is 0 Å². The van der Waals surface area contributed by atoms with Gasteiger partial charge in [0.05, 0.1) is 23.8 Å². The molecule has 168 valence electrons. The van der Waals surface area contributed by atoms with Crippen LogP contribution in [-0.2, 0) is 11.2 Å². The minimum Gasteiger partial charge on any atom is -0.376 e. The molecule has 2 aromatic rings. The molecule has 7 heteroatoms. The standard InChI is InChI=1S/C25H29N3O4/c1-27(2)19(13-17-7-4-3-5-8-17)15-26-23(29)18-10-11-21-22(14-18)25(31)28(24(21)30)16-20-9-6-12-32-20/h3-5,7-8,10-11,14,19-20H,6,9,12-13,15-16H2,1-2H3,(H,26,29). The Morgan fingerprint density at radius 2 is 1.88 bits per heavy atom. The van der Waals surface area contributed by atoms with Crippen molar-refractivity contribution in [1.82, 2.24) is 15.1 Å². The van der Waals surface area contributed by atoms with Gasteiger partial charge in [-0.25, -0.2) is 0 Å². The van der Waals surface area contributed by atoms with Crippen molar-refractivity contribution >= 4 is 17.7 Å². The summed E-state index contributed by atoms with van der Waals surface area (Å²) < 4.78 is 5.57. The van der Waals surface area contributed by atoms with Gasteiger partial charge in [-0.1, -0.05) is 30.3 Å². The van der Waals surface area contributed by atoms with Crippen molar-refractivity contribution in [3.63, 3.8) is 0 Å². The number of amides is 3. The zero-order valence-electron chi connectivity index (χ0n) is 18.5. The van der Waals surface area contributed by atoms with Crippen LogP contribution in [0.3, 0.4) is 0 Å². The summed E-state index contributed by atoms with van der Waals surface area (Å²) in [5.74, 6) is -0.932. The molecule has 2 atom stereocenters. The van der Waals surface area contributed by atoms with Gasteiger partial charge in [-0.15, -0.1) is 0 Å². The maximum Gasteiger partial charge on any atom is 0.261 e. The van der Waals surface area contributed by atoms with Crippen LogP contribution in [0.4, 0.5) is 0 Å². The Hall–Kier alpha value is -3.03. The van der Waals surface area contributed by atoms with Crippen LogP contribution >= 0.6 is 0 Å². The fraction of sp³-hybridized carbons (Fsp3) is 0.400. The smallest absolute Gasteiger partial charge is 0.261 e. The summed E-state index contributed by atoms with van der Waals surface area (Å²) in [6.07, 6.45) is 2.49. The molecule has 0 aromatic heterocycles. The Bertz CT molecular complexity index is 1000. The van der Waals surface area contributed by atoms with Gasteiger partial charge in [-0.3, -0.25) is 19.3 Å². The van der Waals surface area contributed by atoms with Crippen LogP contribution in [-0.4, -0.2) is 73.5 Å². The predicted octanol–water partition coefficient (Wildman–Crippen LogP) is 2.36. The van der Waals surface area contributed by atoms with Gasteiger partial charge < -0.3 is 15.0 Å². The van der Waals surface area contributed by atoms with E-state index in [4.69, 9.17) is 4.74 Å². The fourth-order valence-electron chi connectivity index (χ4n) is 4.23. The number of ether oxygens (including phenoxy) is 1. The Labute approximate surface area is 188 Å². The Balaban J connectivity index is 1.41. The Kier molecular flexibility index (Phi) is 6.67. The molecule has 2 aliphatic rings. The molecule has 2 aromatic carbocycles. The van der Waals surface area contributed by atoms with Crippen LogP contribution in [0.1, 0.15) is 49.5 Å². The monoisotopic (exact) mass is 435 g/mol. The van der Waals surface area contributed by atoms with Crippen molar-refractivity contribution in [2.75, 3.05) is 33.8 Å². The quantitative estimate of drug-likeness (QED) is 0.644. The lowest BCUT2D eigenvalue weighted by Crippen LogP contribution is -2.41. The molecule has 4 rings (SSSR count). The van der Waals surface area contributed by atoms with E-state index in [-0.39, 0.29) is 42.0 Å². The Morgan fingerprint density at radius 1 is 1.12 bits per heavy atom. The second kappa shape index (κ2) is 9.63. The third-order valence-corrected chi connectivity index (χ3v) is 6.19. The maximum atomic E-state index is 12.8. The van der Waals surface area contributed by atoms with E-state index >= 15 is 0 Å². The number of carbonyl (C=O) groups is 3. The van der Waals surface area contributed by atoms with Crippen LogP contribution in [0.5, 0.6) is 0 Å². The molecule has 0 saturated carbocycles. The molecule has 2 aliphatic heterocycles. The van der Waals surface area contributed by atoms with E-state index in [1.807, 2.05) is 32.3 Å². The summed E-state index contributed by atoms with van der Waals surface area (Å²) in [5, 5.41) is 2.98. The summed E-state index contributed by atoms with van der Waals surface area (Å²) in [7, 11) is 3.98. The van der Waals surface area contributed by atoms with Gasteiger partial charge >= 0.3 is 0 Å². The average molecular weight is 436 g/mol. The number of carbonyl (C=O) groups excluding carboxylic acids is 3. The highest BCUT2D eigenvalue weighted by Gasteiger charge is 2.38. The van der Waals surface area contributed by atoms with Gasteiger partial charge in [0.25, 0.3) is 17.7 Å². The Morgan fingerprint density at radius 3 is 2.56 bits per heavy atom.